The van der Waals surface area contributed by atoms with Crippen molar-refractivity contribution in [2.24, 2.45) is 0 Å². The first-order valence-electron chi connectivity index (χ1n) is 15.3. The number of benzene rings is 6. The normalized spacial score (nSPS) is 11.4. The average Bonchev–Trinajstić information content (AvgIpc) is 3.12. The summed E-state index contributed by atoms with van der Waals surface area (Å²) in [5, 5.41) is 1.29. The van der Waals surface area contributed by atoms with Gasteiger partial charge in [-0.3, -0.25) is 4.79 Å². The molecule has 0 bridgehead atoms. The van der Waals surface area contributed by atoms with Gasteiger partial charge >= 0.3 is 5.97 Å². The highest BCUT2D eigenvalue weighted by molar-refractivity contribution is 7.24. The van der Waals surface area contributed by atoms with Gasteiger partial charge in [-0.15, -0.1) is 11.3 Å². The van der Waals surface area contributed by atoms with E-state index in [0.717, 1.165) is 9.40 Å². The molecule has 224 valence electrons. The Morgan fingerprint density at radius 3 is 1.67 bits per heavy atom. The van der Waals surface area contributed by atoms with Gasteiger partial charge in [-0.1, -0.05) is 115 Å². The van der Waals surface area contributed by atoms with Crippen LogP contribution < -0.4 is 32.0 Å². The lowest BCUT2D eigenvalue weighted by Gasteiger charge is -2.44. The van der Waals surface area contributed by atoms with Gasteiger partial charge in [0.1, 0.15) is 25.1 Å². The lowest BCUT2D eigenvalue weighted by molar-refractivity contribution is 0.0450. The minimum Gasteiger partial charge on any atom is -0.490 e. The monoisotopic (exact) mass is 617 g/mol. The second-order valence-corrected chi connectivity index (χ2v) is 12.4. The van der Waals surface area contributed by atoms with Crippen molar-refractivity contribution in [2.45, 2.75) is 0 Å². The maximum Gasteiger partial charge on any atom is 0.338 e. The molecule has 0 radical (unpaired) electrons. The highest BCUT2D eigenvalue weighted by Gasteiger charge is 2.31. The molecule has 4 nitrogen and oxygen atoms in total. The molecule has 0 aliphatic rings. The topological polar surface area (TPSA) is 52.6 Å². The molecule has 7 aromatic rings. The van der Waals surface area contributed by atoms with E-state index in [4.69, 9.17) is 9.47 Å². The fourth-order valence-corrected chi connectivity index (χ4v) is 7.65. The van der Waals surface area contributed by atoms with Crippen molar-refractivity contribution in [3.8, 4) is 5.75 Å². The van der Waals surface area contributed by atoms with Crippen LogP contribution in [0, 0.1) is 0 Å². The Balaban J connectivity index is 1.08. The van der Waals surface area contributed by atoms with E-state index in [1.165, 1.54) is 33.2 Å². The number of carbonyl (C=O) groups excluding carboxylic acids is 1. The van der Waals surface area contributed by atoms with Gasteiger partial charge in [0.15, 0.2) is 5.43 Å². The van der Waals surface area contributed by atoms with Crippen LogP contribution in [0.15, 0.2) is 163 Å². The number of hydrogen-bond acceptors (Lipinski definition) is 5. The molecule has 0 N–H and O–H groups in total. The van der Waals surface area contributed by atoms with Gasteiger partial charge in [-0.2, -0.15) is 21.9 Å². The third-order valence-electron chi connectivity index (χ3n) is 8.68. The SMILES string of the molecule is O=C(OCCOc1ccc([B-](c2ccccc2)(c2ccccc2)c2ccccc2)cc1)c1ccc2c(=O)c3ccccc3sc2c1. The number of rotatable bonds is 9. The predicted octanol–water partition coefficient (Wildman–Crippen LogP) is 6.03. The summed E-state index contributed by atoms with van der Waals surface area (Å²) in [7, 11) is 0. The Morgan fingerprint density at radius 2 is 1.07 bits per heavy atom. The summed E-state index contributed by atoms with van der Waals surface area (Å²) in [5.41, 5.74) is 5.25. The summed E-state index contributed by atoms with van der Waals surface area (Å²) >= 11 is 1.49. The molecule has 0 aliphatic heterocycles. The number of esters is 1. The molecule has 0 saturated carbocycles. The largest absolute Gasteiger partial charge is 0.490 e. The Morgan fingerprint density at radius 1 is 0.543 bits per heavy atom. The van der Waals surface area contributed by atoms with Gasteiger partial charge in [0.05, 0.1) is 5.56 Å². The highest BCUT2D eigenvalue weighted by Crippen LogP contribution is 2.25. The molecule has 0 atom stereocenters. The fourth-order valence-electron chi connectivity index (χ4n) is 6.54. The third-order valence-corrected chi connectivity index (χ3v) is 9.81. The van der Waals surface area contributed by atoms with E-state index in [-0.39, 0.29) is 18.6 Å². The zero-order valence-corrected chi connectivity index (χ0v) is 25.9. The van der Waals surface area contributed by atoms with Crippen molar-refractivity contribution >= 4 is 65.5 Å². The van der Waals surface area contributed by atoms with Gasteiger partial charge in [0.2, 0.25) is 0 Å². The first-order valence-corrected chi connectivity index (χ1v) is 16.1. The summed E-state index contributed by atoms with van der Waals surface area (Å²) in [6, 6.07) is 52.8. The fraction of sp³-hybridized carbons (Fsp3) is 0.0500. The Hall–Kier alpha value is -5.46. The maximum atomic E-state index is 12.9. The van der Waals surface area contributed by atoms with E-state index in [2.05, 4.69) is 103 Å². The Kier molecular flexibility index (Phi) is 8.19. The summed E-state index contributed by atoms with van der Waals surface area (Å²) in [6.45, 7) is 0.307. The molecule has 0 aliphatic carbocycles. The van der Waals surface area contributed by atoms with Crippen LogP contribution >= 0.6 is 11.3 Å². The van der Waals surface area contributed by atoms with Crippen LogP contribution in [-0.2, 0) is 4.74 Å². The molecular weight excluding hydrogens is 587 g/mol. The third kappa shape index (κ3) is 5.48. The van der Waals surface area contributed by atoms with Crippen molar-refractivity contribution in [2.75, 3.05) is 13.2 Å². The first-order chi connectivity index (χ1) is 22.6. The highest BCUT2D eigenvalue weighted by atomic mass is 32.1. The maximum absolute atomic E-state index is 12.9. The number of hydrogen-bond donors (Lipinski definition) is 0. The van der Waals surface area contributed by atoms with Crippen LogP contribution in [0.2, 0.25) is 0 Å². The minimum absolute atomic E-state index is 0.0292. The Bertz CT molecular complexity index is 2080. The van der Waals surface area contributed by atoms with E-state index in [1.807, 2.05) is 36.4 Å². The van der Waals surface area contributed by atoms with E-state index < -0.39 is 12.1 Å². The molecule has 0 amide bonds. The average molecular weight is 618 g/mol. The second kappa shape index (κ2) is 12.9. The summed E-state index contributed by atoms with van der Waals surface area (Å²) in [6.07, 6.45) is -1.46. The molecule has 0 fully saturated rings. The molecule has 1 aromatic heterocycles. The molecule has 1 heterocycles. The zero-order valence-electron chi connectivity index (χ0n) is 25.0. The van der Waals surface area contributed by atoms with Gasteiger partial charge in [-0.05, 0) is 42.5 Å². The summed E-state index contributed by atoms with van der Waals surface area (Å²) in [5.74, 6) is 0.246. The van der Waals surface area contributed by atoms with Crippen LogP contribution in [0.4, 0.5) is 0 Å². The minimum atomic E-state index is -1.46. The van der Waals surface area contributed by atoms with Crippen LogP contribution in [-0.4, -0.2) is 25.3 Å². The van der Waals surface area contributed by atoms with Crippen molar-refractivity contribution in [1.29, 1.82) is 0 Å². The van der Waals surface area contributed by atoms with Gasteiger partial charge in [0, 0.05) is 20.2 Å². The van der Waals surface area contributed by atoms with E-state index in [9.17, 15) is 9.59 Å². The zero-order chi connectivity index (χ0) is 31.3. The van der Waals surface area contributed by atoms with Gasteiger partial charge < -0.3 is 9.47 Å². The van der Waals surface area contributed by atoms with Gasteiger partial charge in [0.25, 0.3) is 0 Å². The quantitative estimate of drug-likeness (QED) is 0.0860. The second-order valence-electron chi connectivity index (χ2n) is 11.3. The van der Waals surface area contributed by atoms with Crippen molar-refractivity contribution in [3.05, 3.63) is 174 Å². The van der Waals surface area contributed by atoms with Crippen molar-refractivity contribution in [1.82, 2.24) is 0 Å². The molecule has 0 saturated heterocycles. The first kappa shape index (κ1) is 29.3. The predicted molar refractivity (Wildman–Crippen MR) is 191 cm³/mol. The molecule has 6 heteroatoms. The number of ether oxygens (including phenoxy) is 2. The standard InChI is InChI=1S/C40H30BO4S/c42-39-35-18-10-11-19-37(35)46-38-28-29(20-25-36(38)39)40(43)45-27-26-44-34-23-21-33(22-24-34)41(30-12-4-1-5-13-30,31-14-6-2-7-15-31)32-16-8-3-9-17-32/h1-25,28H,26-27H2/q-1. The van der Waals surface area contributed by atoms with E-state index in [0.29, 0.717) is 22.1 Å². The van der Waals surface area contributed by atoms with Crippen LogP contribution in [0.25, 0.3) is 20.2 Å². The molecule has 0 spiro atoms. The van der Waals surface area contributed by atoms with Crippen LogP contribution in [0.3, 0.4) is 0 Å². The van der Waals surface area contributed by atoms with E-state index in [1.54, 1.807) is 18.2 Å². The van der Waals surface area contributed by atoms with Crippen molar-refractivity contribution in [3.63, 3.8) is 0 Å². The number of carbonyl (C=O) groups is 1. The van der Waals surface area contributed by atoms with E-state index >= 15 is 0 Å². The lowest BCUT2D eigenvalue weighted by Crippen LogP contribution is -2.74. The summed E-state index contributed by atoms with van der Waals surface area (Å²) < 4.78 is 13.2. The molecule has 7 rings (SSSR count). The lowest BCUT2D eigenvalue weighted by atomic mass is 9.13. The van der Waals surface area contributed by atoms with Crippen LogP contribution in [0.5, 0.6) is 5.75 Å². The number of fused-ring (bicyclic) bond motifs is 2. The van der Waals surface area contributed by atoms with Gasteiger partial charge in [-0.25, -0.2) is 4.79 Å². The molecule has 6 aromatic carbocycles. The Labute approximate surface area is 271 Å². The molecule has 0 unspecified atom stereocenters. The molecular formula is C40H30BO4S-. The van der Waals surface area contributed by atoms with Crippen LogP contribution in [0.1, 0.15) is 10.4 Å². The van der Waals surface area contributed by atoms with Crippen molar-refractivity contribution < 1.29 is 14.3 Å². The molecule has 46 heavy (non-hydrogen) atoms. The smallest absolute Gasteiger partial charge is 0.338 e. The summed E-state index contributed by atoms with van der Waals surface area (Å²) in [4.78, 5) is 25.7.